The molecule has 2 bridgehead atoms. The third-order valence-corrected chi connectivity index (χ3v) is 4.13. The summed E-state index contributed by atoms with van der Waals surface area (Å²) >= 11 is 0. The first kappa shape index (κ1) is 14.2. The smallest absolute Gasteiger partial charge is 0.407 e. The van der Waals surface area contributed by atoms with Crippen molar-refractivity contribution in [3.8, 4) is 0 Å². The second-order valence-electron chi connectivity index (χ2n) is 6.78. The number of hydrogen-bond donors (Lipinski definition) is 2. The Kier molecular flexibility index (Phi) is 3.74. The number of carbonyl (C=O) groups is 2. The maximum atomic E-state index is 11.8. The quantitative estimate of drug-likeness (QED) is 0.807. The molecule has 0 spiro atoms. The topological polar surface area (TPSA) is 75.6 Å². The first-order chi connectivity index (χ1) is 8.76. The molecule has 19 heavy (non-hydrogen) atoms. The van der Waals surface area contributed by atoms with Crippen LogP contribution in [0.1, 0.15) is 46.5 Å². The Morgan fingerprint density at radius 1 is 1.16 bits per heavy atom. The normalized spacial score (nSPS) is 33.8. The van der Waals surface area contributed by atoms with Crippen LogP contribution in [0.5, 0.6) is 0 Å². The molecule has 2 fully saturated rings. The molecule has 2 aliphatic carbocycles. The van der Waals surface area contributed by atoms with Gasteiger partial charge < -0.3 is 15.2 Å². The lowest BCUT2D eigenvalue weighted by atomic mass is 9.77. The molecule has 0 aromatic rings. The van der Waals surface area contributed by atoms with Gasteiger partial charge in [-0.25, -0.2) is 4.79 Å². The molecule has 2 N–H and O–H groups in total. The van der Waals surface area contributed by atoms with Crippen molar-refractivity contribution in [3.05, 3.63) is 0 Å². The number of aliphatic carboxylic acids is 1. The third kappa shape index (κ3) is 3.39. The van der Waals surface area contributed by atoms with Crippen LogP contribution in [0, 0.1) is 17.8 Å². The van der Waals surface area contributed by atoms with Gasteiger partial charge in [0.2, 0.25) is 0 Å². The minimum atomic E-state index is -0.701. The molecule has 0 aromatic heterocycles. The summed E-state index contributed by atoms with van der Waals surface area (Å²) in [5.41, 5.74) is -0.499. The Hall–Kier alpha value is -1.26. The summed E-state index contributed by atoms with van der Waals surface area (Å²) in [6.45, 7) is 5.51. The van der Waals surface area contributed by atoms with E-state index in [1.165, 1.54) is 0 Å². The van der Waals surface area contributed by atoms with Gasteiger partial charge in [-0.1, -0.05) is 0 Å². The molecule has 0 aromatic carbocycles. The maximum Gasteiger partial charge on any atom is 0.407 e. The highest BCUT2D eigenvalue weighted by atomic mass is 16.6. The predicted octanol–water partition coefficient (Wildman–Crippen LogP) is 2.40. The summed E-state index contributed by atoms with van der Waals surface area (Å²) in [6, 6.07) is 0.0884. The van der Waals surface area contributed by atoms with Crippen LogP contribution in [0.15, 0.2) is 0 Å². The molecule has 108 valence electrons. The summed E-state index contributed by atoms with van der Waals surface area (Å²) in [5.74, 6) is -0.374. The van der Waals surface area contributed by atoms with Gasteiger partial charge in [-0.3, -0.25) is 4.79 Å². The Bertz CT molecular complexity index is 360. The molecule has 5 heteroatoms. The first-order valence-electron chi connectivity index (χ1n) is 6.98. The fourth-order valence-electron chi connectivity index (χ4n) is 3.41. The van der Waals surface area contributed by atoms with Crippen LogP contribution in [0.25, 0.3) is 0 Å². The molecule has 2 rings (SSSR count). The van der Waals surface area contributed by atoms with Gasteiger partial charge in [0.05, 0.1) is 5.92 Å². The zero-order valence-electron chi connectivity index (χ0n) is 11.8. The Labute approximate surface area is 113 Å². The van der Waals surface area contributed by atoms with E-state index in [1.807, 2.05) is 20.8 Å². The van der Waals surface area contributed by atoms with Crippen molar-refractivity contribution < 1.29 is 19.4 Å². The van der Waals surface area contributed by atoms with Crippen LogP contribution in [0.2, 0.25) is 0 Å². The van der Waals surface area contributed by atoms with Crippen LogP contribution in [0.4, 0.5) is 4.79 Å². The number of fused-ring (bicyclic) bond motifs is 2. The average molecular weight is 269 g/mol. The highest BCUT2D eigenvalue weighted by Gasteiger charge is 2.45. The Morgan fingerprint density at radius 3 is 2.11 bits per heavy atom. The lowest BCUT2D eigenvalue weighted by molar-refractivity contribution is -0.143. The standard InChI is InChI=1S/C14H23NO4/c1-14(2,3)19-13(18)15-11-8-4-5-9(11)7-10(6-8)12(16)17/h8-11H,4-7H2,1-3H3,(H,15,18)(H,16,17)/t8-,9-,10?,11?/m0/s1. The van der Waals surface area contributed by atoms with Gasteiger partial charge in [-0.05, 0) is 58.3 Å². The molecule has 0 saturated heterocycles. The second-order valence-corrected chi connectivity index (χ2v) is 6.78. The lowest BCUT2D eigenvalue weighted by Gasteiger charge is -2.34. The predicted molar refractivity (Wildman–Crippen MR) is 69.7 cm³/mol. The molecule has 0 aliphatic heterocycles. The number of alkyl carbamates (subject to hydrolysis) is 1. The maximum absolute atomic E-state index is 11.8. The van der Waals surface area contributed by atoms with Crippen LogP contribution in [-0.4, -0.2) is 28.8 Å². The van der Waals surface area contributed by atoms with E-state index in [9.17, 15) is 9.59 Å². The monoisotopic (exact) mass is 269 g/mol. The molecule has 2 atom stereocenters. The van der Waals surface area contributed by atoms with E-state index in [0.29, 0.717) is 12.8 Å². The summed E-state index contributed by atoms with van der Waals surface area (Å²) in [5, 5.41) is 12.1. The van der Waals surface area contributed by atoms with Crippen molar-refractivity contribution in [1.29, 1.82) is 0 Å². The largest absolute Gasteiger partial charge is 0.481 e. The van der Waals surface area contributed by atoms with Gasteiger partial charge in [-0.15, -0.1) is 0 Å². The van der Waals surface area contributed by atoms with E-state index in [4.69, 9.17) is 9.84 Å². The van der Waals surface area contributed by atoms with Gasteiger partial charge in [0.15, 0.2) is 0 Å². The number of carbonyl (C=O) groups excluding carboxylic acids is 1. The molecule has 0 heterocycles. The van der Waals surface area contributed by atoms with Crippen molar-refractivity contribution >= 4 is 12.1 Å². The lowest BCUT2D eigenvalue weighted by Crippen LogP contribution is -2.47. The molecule has 5 nitrogen and oxygen atoms in total. The van der Waals surface area contributed by atoms with Crippen LogP contribution < -0.4 is 5.32 Å². The number of ether oxygens (including phenoxy) is 1. The summed E-state index contributed by atoms with van der Waals surface area (Å²) < 4.78 is 5.27. The van der Waals surface area contributed by atoms with Gasteiger partial charge >= 0.3 is 12.1 Å². The van der Waals surface area contributed by atoms with Gasteiger partial charge in [-0.2, -0.15) is 0 Å². The number of amides is 1. The summed E-state index contributed by atoms with van der Waals surface area (Å²) in [6.07, 6.45) is 2.98. The zero-order chi connectivity index (χ0) is 14.2. The van der Waals surface area contributed by atoms with Gasteiger partial charge in [0, 0.05) is 6.04 Å². The van der Waals surface area contributed by atoms with Crippen LogP contribution in [-0.2, 0) is 9.53 Å². The summed E-state index contributed by atoms with van der Waals surface area (Å²) in [7, 11) is 0. The third-order valence-electron chi connectivity index (χ3n) is 4.13. The van der Waals surface area contributed by atoms with Gasteiger partial charge in [0.1, 0.15) is 5.60 Å². The van der Waals surface area contributed by atoms with E-state index < -0.39 is 11.6 Å². The molecule has 0 radical (unpaired) electrons. The Morgan fingerprint density at radius 2 is 1.68 bits per heavy atom. The van der Waals surface area contributed by atoms with Crippen molar-refractivity contribution in [2.24, 2.45) is 17.8 Å². The van der Waals surface area contributed by atoms with E-state index in [2.05, 4.69) is 5.32 Å². The van der Waals surface area contributed by atoms with Crippen molar-refractivity contribution in [1.82, 2.24) is 5.32 Å². The van der Waals surface area contributed by atoms with Crippen LogP contribution in [0.3, 0.4) is 0 Å². The summed E-state index contributed by atoms with van der Waals surface area (Å²) in [4.78, 5) is 22.9. The fraction of sp³-hybridized carbons (Fsp3) is 0.857. The molecule has 0 unspecified atom stereocenters. The average Bonchev–Trinajstić information content (AvgIpc) is 2.48. The van der Waals surface area contributed by atoms with Gasteiger partial charge in [0.25, 0.3) is 0 Å². The van der Waals surface area contributed by atoms with E-state index >= 15 is 0 Å². The zero-order valence-corrected chi connectivity index (χ0v) is 11.8. The minimum absolute atomic E-state index is 0.0884. The molecular weight excluding hydrogens is 246 g/mol. The number of nitrogens with one attached hydrogen (secondary N) is 1. The van der Waals surface area contributed by atoms with Crippen molar-refractivity contribution in [2.75, 3.05) is 0 Å². The number of carboxylic acids is 1. The van der Waals surface area contributed by atoms with Crippen LogP contribution >= 0.6 is 0 Å². The highest BCUT2D eigenvalue weighted by molar-refractivity contribution is 5.71. The van der Waals surface area contributed by atoms with E-state index in [1.54, 1.807) is 0 Å². The SMILES string of the molecule is CC(C)(C)OC(=O)NC1[C@H]2CC[C@H]1CC(C(=O)O)C2. The second kappa shape index (κ2) is 5.02. The molecular formula is C14H23NO4. The number of carboxylic acid groups (broad SMARTS) is 1. The fourth-order valence-corrected chi connectivity index (χ4v) is 3.41. The molecule has 2 saturated carbocycles. The molecule has 1 amide bonds. The van der Waals surface area contributed by atoms with Crippen molar-refractivity contribution in [2.45, 2.75) is 58.1 Å². The Balaban J connectivity index is 1.93. The minimum Gasteiger partial charge on any atom is -0.481 e. The van der Waals surface area contributed by atoms with E-state index in [0.717, 1.165) is 12.8 Å². The highest BCUT2D eigenvalue weighted by Crippen LogP contribution is 2.45. The van der Waals surface area contributed by atoms with E-state index in [-0.39, 0.29) is 29.9 Å². The molecule has 2 aliphatic rings. The number of rotatable bonds is 2. The first-order valence-corrected chi connectivity index (χ1v) is 6.98. The number of hydrogen-bond acceptors (Lipinski definition) is 3. The van der Waals surface area contributed by atoms with Crippen molar-refractivity contribution in [3.63, 3.8) is 0 Å².